The van der Waals surface area contributed by atoms with Crippen molar-refractivity contribution in [3.8, 4) is 0 Å². The van der Waals surface area contributed by atoms with Crippen LogP contribution in [0.3, 0.4) is 0 Å². The fraction of sp³-hybridized carbons (Fsp3) is 0.143. The van der Waals surface area contributed by atoms with Gasteiger partial charge in [-0.05, 0) is 29.8 Å². The lowest BCUT2D eigenvalue weighted by atomic mass is 10.2. The first-order chi connectivity index (χ1) is 9.47. The van der Waals surface area contributed by atoms with E-state index in [-0.39, 0.29) is 24.5 Å². The second-order valence-electron chi connectivity index (χ2n) is 4.20. The Kier molecular flexibility index (Phi) is 4.77. The van der Waals surface area contributed by atoms with Gasteiger partial charge in [0.25, 0.3) is 0 Å². The zero-order chi connectivity index (χ0) is 14.7. The van der Waals surface area contributed by atoms with Crippen LogP contribution in [0.2, 0.25) is 0 Å². The summed E-state index contributed by atoms with van der Waals surface area (Å²) in [6, 6.07) is 5.51. The lowest BCUT2D eigenvalue weighted by molar-refractivity contribution is 0.486. The maximum absolute atomic E-state index is 13.4. The lowest BCUT2D eigenvalue weighted by Gasteiger charge is -2.08. The lowest BCUT2D eigenvalue weighted by Crippen LogP contribution is -2.14. The molecule has 0 bridgehead atoms. The number of hydrogen-bond donors (Lipinski definition) is 1. The molecule has 106 valence electrons. The van der Waals surface area contributed by atoms with Gasteiger partial charge < -0.3 is 5.32 Å². The standard InChI is InChI=1S/C14H10BrF4N/c15-11-2-1-10(16)3-8(11)6-20-7-9-4-13(18)14(19)5-12(9)17/h1-5,20H,6-7H2. The number of hydrogen-bond acceptors (Lipinski definition) is 1. The molecule has 2 rings (SSSR count). The van der Waals surface area contributed by atoms with Crippen LogP contribution >= 0.6 is 15.9 Å². The molecule has 0 radical (unpaired) electrons. The molecule has 0 saturated carbocycles. The third-order valence-corrected chi connectivity index (χ3v) is 3.50. The summed E-state index contributed by atoms with van der Waals surface area (Å²) in [5, 5.41) is 2.85. The molecular weight excluding hydrogens is 338 g/mol. The van der Waals surface area contributed by atoms with Gasteiger partial charge in [0.2, 0.25) is 0 Å². The molecule has 0 aliphatic rings. The largest absolute Gasteiger partial charge is 0.308 e. The second kappa shape index (κ2) is 6.37. The van der Waals surface area contributed by atoms with E-state index in [1.165, 1.54) is 12.1 Å². The van der Waals surface area contributed by atoms with Crippen LogP contribution in [0.5, 0.6) is 0 Å². The summed E-state index contributed by atoms with van der Waals surface area (Å²) >= 11 is 3.26. The van der Waals surface area contributed by atoms with E-state index in [1.807, 2.05) is 0 Å². The van der Waals surface area contributed by atoms with E-state index in [4.69, 9.17) is 0 Å². The fourth-order valence-corrected chi connectivity index (χ4v) is 2.10. The van der Waals surface area contributed by atoms with Gasteiger partial charge in [0, 0.05) is 29.2 Å². The van der Waals surface area contributed by atoms with Crippen molar-refractivity contribution in [2.75, 3.05) is 0 Å². The van der Waals surface area contributed by atoms with Crippen LogP contribution in [-0.2, 0) is 13.1 Å². The van der Waals surface area contributed by atoms with Crippen molar-refractivity contribution in [3.63, 3.8) is 0 Å². The molecule has 6 heteroatoms. The summed E-state index contributed by atoms with van der Waals surface area (Å²) in [4.78, 5) is 0. The maximum atomic E-state index is 13.4. The molecule has 1 nitrogen and oxygen atoms in total. The van der Waals surface area contributed by atoms with E-state index in [0.717, 1.165) is 6.07 Å². The molecule has 2 aromatic rings. The Morgan fingerprint density at radius 1 is 0.800 bits per heavy atom. The number of halogens is 5. The average Bonchev–Trinajstić information content (AvgIpc) is 2.39. The first kappa shape index (κ1) is 15.0. The highest BCUT2D eigenvalue weighted by Crippen LogP contribution is 2.18. The molecule has 0 unspecified atom stereocenters. The summed E-state index contributed by atoms with van der Waals surface area (Å²) in [5.41, 5.74) is 0.657. The predicted octanol–water partition coefficient (Wildman–Crippen LogP) is 4.30. The van der Waals surface area contributed by atoms with Crippen molar-refractivity contribution in [1.82, 2.24) is 5.32 Å². The predicted molar refractivity (Wildman–Crippen MR) is 71.0 cm³/mol. The summed E-state index contributed by atoms with van der Waals surface area (Å²) in [5.74, 6) is -3.53. The van der Waals surface area contributed by atoms with Gasteiger partial charge in [0.05, 0.1) is 0 Å². The van der Waals surface area contributed by atoms with Crippen LogP contribution in [0, 0.1) is 23.3 Å². The van der Waals surface area contributed by atoms with Crippen LogP contribution in [0.4, 0.5) is 17.6 Å². The highest BCUT2D eigenvalue weighted by Gasteiger charge is 2.09. The van der Waals surface area contributed by atoms with E-state index < -0.39 is 17.5 Å². The Hall–Kier alpha value is -1.40. The van der Waals surface area contributed by atoms with Crippen LogP contribution in [0.25, 0.3) is 0 Å². The van der Waals surface area contributed by atoms with E-state index in [0.29, 0.717) is 16.1 Å². The molecule has 0 atom stereocenters. The van der Waals surface area contributed by atoms with E-state index in [2.05, 4.69) is 21.2 Å². The third kappa shape index (κ3) is 3.58. The number of benzene rings is 2. The maximum Gasteiger partial charge on any atom is 0.161 e. The summed E-state index contributed by atoms with van der Waals surface area (Å²) in [7, 11) is 0. The molecule has 0 fully saturated rings. The minimum absolute atomic E-state index is 0.00594. The highest BCUT2D eigenvalue weighted by molar-refractivity contribution is 9.10. The molecule has 2 aromatic carbocycles. The van der Waals surface area contributed by atoms with Crippen molar-refractivity contribution in [2.24, 2.45) is 0 Å². The Morgan fingerprint density at radius 3 is 2.20 bits per heavy atom. The molecule has 0 spiro atoms. The zero-order valence-corrected chi connectivity index (χ0v) is 11.8. The fourth-order valence-electron chi connectivity index (χ4n) is 1.71. The molecule has 1 N–H and O–H groups in total. The molecule has 0 amide bonds. The van der Waals surface area contributed by atoms with Gasteiger partial charge in [-0.25, -0.2) is 17.6 Å². The zero-order valence-electron chi connectivity index (χ0n) is 10.2. The molecule has 0 aromatic heterocycles. The van der Waals surface area contributed by atoms with Gasteiger partial charge in [0.15, 0.2) is 11.6 Å². The summed E-state index contributed by atoms with van der Waals surface area (Å²) in [6.45, 7) is 0.267. The van der Waals surface area contributed by atoms with Gasteiger partial charge in [-0.15, -0.1) is 0 Å². The van der Waals surface area contributed by atoms with Crippen LogP contribution in [0.15, 0.2) is 34.8 Å². The highest BCUT2D eigenvalue weighted by atomic mass is 79.9. The Balaban J connectivity index is 2.03. The molecule has 0 saturated heterocycles. The monoisotopic (exact) mass is 347 g/mol. The van der Waals surface area contributed by atoms with Crippen molar-refractivity contribution >= 4 is 15.9 Å². The Bertz CT molecular complexity index is 631. The van der Waals surface area contributed by atoms with Gasteiger partial charge in [0.1, 0.15) is 11.6 Å². The van der Waals surface area contributed by atoms with E-state index in [1.54, 1.807) is 6.07 Å². The molecule has 0 aliphatic carbocycles. The molecule has 0 aliphatic heterocycles. The Morgan fingerprint density at radius 2 is 1.45 bits per heavy atom. The molecule has 20 heavy (non-hydrogen) atoms. The van der Waals surface area contributed by atoms with Crippen LogP contribution < -0.4 is 5.32 Å². The van der Waals surface area contributed by atoms with E-state index >= 15 is 0 Å². The first-order valence-corrected chi connectivity index (χ1v) is 6.54. The van der Waals surface area contributed by atoms with Crippen molar-refractivity contribution < 1.29 is 17.6 Å². The minimum Gasteiger partial charge on any atom is -0.308 e. The van der Waals surface area contributed by atoms with Crippen LogP contribution in [0.1, 0.15) is 11.1 Å². The van der Waals surface area contributed by atoms with Crippen molar-refractivity contribution in [3.05, 3.63) is 69.2 Å². The summed E-state index contributed by atoms with van der Waals surface area (Å²) < 4.78 is 52.9. The number of rotatable bonds is 4. The molecular formula is C14H10BrF4N. The average molecular weight is 348 g/mol. The SMILES string of the molecule is Fc1ccc(Br)c(CNCc2cc(F)c(F)cc2F)c1. The second-order valence-corrected chi connectivity index (χ2v) is 5.05. The summed E-state index contributed by atoms with van der Waals surface area (Å²) in [6.07, 6.45) is 0. The normalized spacial score (nSPS) is 10.8. The minimum atomic E-state index is -1.22. The third-order valence-electron chi connectivity index (χ3n) is 2.73. The van der Waals surface area contributed by atoms with Gasteiger partial charge >= 0.3 is 0 Å². The van der Waals surface area contributed by atoms with Gasteiger partial charge in [-0.3, -0.25) is 0 Å². The van der Waals surface area contributed by atoms with E-state index in [9.17, 15) is 17.6 Å². The van der Waals surface area contributed by atoms with Crippen molar-refractivity contribution in [2.45, 2.75) is 13.1 Å². The molecule has 0 heterocycles. The van der Waals surface area contributed by atoms with Gasteiger partial charge in [-0.1, -0.05) is 15.9 Å². The van der Waals surface area contributed by atoms with Crippen LogP contribution in [-0.4, -0.2) is 0 Å². The quantitative estimate of drug-likeness (QED) is 0.642. The topological polar surface area (TPSA) is 12.0 Å². The van der Waals surface area contributed by atoms with Gasteiger partial charge in [-0.2, -0.15) is 0 Å². The smallest absolute Gasteiger partial charge is 0.161 e. The number of nitrogens with one attached hydrogen (secondary N) is 1. The Labute approximate surface area is 121 Å². The van der Waals surface area contributed by atoms with Crippen molar-refractivity contribution in [1.29, 1.82) is 0 Å². The first-order valence-electron chi connectivity index (χ1n) is 5.75.